The van der Waals surface area contributed by atoms with Gasteiger partial charge in [0, 0.05) is 48.9 Å². The minimum Gasteiger partial charge on any atom is -0.497 e. The molecule has 0 aliphatic carbocycles. The third-order valence-corrected chi connectivity index (χ3v) is 5.93. The van der Waals surface area contributed by atoms with Gasteiger partial charge in [-0.2, -0.15) is 0 Å². The van der Waals surface area contributed by atoms with E-state index in [1.807, 2.05) is 24.4 Å². The van der Waals surface area contributed by atoms with Gasteiger partial charge in [0.05, 0.1) is 12.8 Å². The summed E-state index contributed by atoms with van der Waals surface area (Å²) in [5.41, 5.74) is 4.05. The van der Waals surface area contributed by atoms with Crippen molar-refractivity contribution >= 4 is 22.9 Å². The second-order valence-electron chi connectivity index (χ2n) is 7.59. The first-order valence-corrected chi connectivity index (χ1v) is 9.80. The molecule has 2 bridgehead atoms. The van der Waals surface area contributed by atoms with Crippen molar-refractivity contribution in [2.24, 2.45) is 5.92 Å². The fourth-order valence-corrected chi connectivity index (χ4v) is 4.37. The van der Waals surface area contributed by atoms with Crippen molar-refractivity contribution in [2.75, 3.05) is 20.2 Å². The Morgan fingerprint density at radius 1 is 1.18 bits per heavy atom. The van der Waals surface area contributed by atoms with Gasteiger partial charge in [-0.05, 0) is 48.7 Å². The first-order chi connectivity index (χ1) is 13.7. The number of piperidine rings is 3. The van der Waals surface area contributed by atoms with Crippen molar-refractivity contribution in [2.45, 2.75) is 19.4 Å². The Balaban J connectivity index is 1.53. The van der Waals surface area contributed by atoms with Crippen LogP contribution in [0.15, 0.2) is 54.5 Å². The molecule has 0 atom stereocenters. The number of nitrogens with zero attached hydrogens (tertiary/aromatic N) is 3. The molecule has 0 unspecified atom stereocenters. The number of ketones is 1. The number of allylic oxidation sites excluding steroid dienone is 1. The lowest BCUT2D eigenvalue weighted by atomic mass is 9.84. The quantitative estimate of drug-likeness (QED) is 0.654. The molecular weight excluding hydrogens is 350 g/mol. The molecule has 3 aromatic rings. The van der Waals surface area contributed by atoms with Crippen LogP contribution in [-0.2, 0) is 11.3 Å². The predicted octanol–water partition coefficient (Wildman–Crippen LogP) is 3.73. The van der Waals surface area contributed by atoms with E-state index in [0.717, 1.165) is 60.5 Å². The Labute approximate surface area is 164 Å². The van der Waals surface area contributed by atoms with Crippen LogP contribution in [0.3, 0.4) is 0 Å². The van der Waals surface area contributed by atoms with Crippen LogP contribution in [0.2, 0.25) is 0 Å². The Morgan fingerprint density at radius 3 is 2.68 bits per heavy atom. The second-order valence-corrected chi connectivity index (χ2v) is 7.59. The lowest BCUT2D eigenvalue weighted by Crippen LogP contribution is -2.45. The Morgan fingerprint density at radius 2 is 1.96 bits per heavy atom. The number of fused-ring (bicyclic) bond motifs is 4. The summed E-state index contributed by atoms with van der Waals surface area (Å²) in [6.45, 7) is 2.71. The maximum atomic E-state index is 12.7. The van der Waals surface area contributed by atoms with Crippen molar-refractivity contribution in [1.82, 2.24) is 14.5 Å². The van der Waals surface area contributed by atoms with E-state index in [-0.39, 0.29) is 5.92 Å². The lowest BCUT2D eigenvalue weighted by Gasteiger charge is -2.41. The number of hydrogen-bond donors (Lipinski definition) is 0. The smallest absolute Gasteiger partial charge is 0.182 e. The zero-order chi connectivity index (χ0) is 19.1. The molecule has 0 radical (unpaired) electrons. The molecule has 6 rings (SSSR count). The van der Waals surface area contributed by atoms with E-state index in [2.05, 4.69) is 44.9 Å². The zero-order valence-corrected chi connectivity index (χ0v) is 16.0. The standard InChI is InChI=1S/C23H23N3O2/c1-28-19-6-4-16(5-7-19)14-26-15-18(20-3-2-10-24-23(20)26)13-21-22(27)17-8-11-25(21)12-9-17/h2-7,10,13,15,17H,8-9,11-12,14H2,1H3/b21-13-. The molecule has 2 aromatic heterocycles. The molecule has 5 nitrogen and oxygen atoms in total. The maximum absolute atomic E-state index is 12.7. The van der Waals surface area contributed by atoms with Crippen LogP contribution in [0.25, 0.3) is 17.1 Å². The number of carbonyl (C=O) groups is 1. The maximum Gasteiger partial charge on any atom is 0.182 e. The van der Waals surface area contributed by atoms with Crippen molar-refractivity contribution in [1.29, 1.82) is 0 Å². The monoisotopic (exact) mass is 373 g/mol. The van der Waals surface area contributed by atoms with Gasteiger partial charge < -0.3 is 14.2 Å². The van der Waals surface area contributed by atoms with Crippen LogP contribution in [-0.4, -0.2) is 40.4 Å². The molecular formula is C23H23N3O2. The summed E-state index contributed by atoms with van der Waals surface area (Å²) in [5.74, 6) is 1.36. The van der Waals surface area contributed by atoms with Gasteiger partial charge in [0.1, 0.15) is 11.4 Å². The molecule has 5 heteroatoms. The van der Waals surface area contributed by atoms with Crippen LogP contribution in [0.4, 0.5) is 0 Å². The van der Waals surface area contributed by atoms with E-state index in [1.54, 1.807) is 7.11 Å². The molecule has 3 aliphatic rings. The second kappa shape index (κ2) is 6.82. The Kier molecular flexibility index (Phi) is 4.15. The third-order valence-electron chi connectivity index (χ3n) is 5.93. The van der Waals surface area contributed by atoms with E-state index < -0.39 is 0 Å². The van der Waals surface area contributed by atoms with E-state index >= 15 is 0 Å². The van der Waals surface area contributed by atoms with Crippen molar-refractivity contribution in [3.05, 3.63) is 65.6 Å². The molecule has 0 N–H and O–H groups in total. The fraction of sp³-hybridized carbons (Fsp3) is 0.304. The average Bonchev–Trinajstić information content (AvgIpc) is 3.09. The molecule has 28 heavy (non-hydrogen) atoms. The van der Waals surface area contributed by atoms with Gasteiger partial charge in [0.15, 0.2) is 5.78 Å². The predicted molar refractivity (Wildman–Crippen MR) is 109 cm³/mol. The fourth-order valence-electron chi connectivity index (χ4n) is 4.37. The summed E-state index contributed by atoms with van der Waals surface area (Å²) >= 11 is 0. The van der Waals surface area contributed by atoms with Crippen molar-refractivity contribution in [3.8, 4) is 5.75 Å². The largest absolute Gasteiger partial charge is 0.497 e. The lowest BCUT2D eigenvalue weighted by molar-refractivity contribution is -0.125. The van der Waals surface area contributed by atoms with E-state index in [0.29, 0.717) is 5.78 Å². The highest BCUT2D eigenvalue weighted by atomic mass is 16.5. The minimum absolute atomic E-state index is 0.210. The number of ether oxygens (including phenoxy) is 1. The van der Waals surface area contributed by atoms with Gasteiger partial charge in [0.2, 0.25) is 0 Å². The average molecular weight is 373 g/mol. The van der Waals surface area contributed by atoms with Crippen molar-refractivity contribution < 1.29 is 9.53 Å². The summed E-state index contributed by atoms with van der Waals surface area (Å²) in [7, 11) is 1.67. The van der Waals surface area contributed by atoms with Crippen molar-refractivity contribution in [3.63, 3.8) is 0 Å². The molecule has 0 amide bonds. The molecule has 3 aliphatic heterocycles. The molecule has 0 spiro atoms. The highest BCUT2D eigenvalue weighted by Gasteiger charge is 2.36. The Bertz CT molecular complexity index is 1060. The molecule has 3 saturated heterocycles. The van der Waals surface area contributed by atoms with Gasteiger partial charge in [-0.3, -0.25) is 4.79 Å². The SMILES string of the molecule is COc1ccc(Cn2cc(/C=C3/C(=O)C4CCN3CC4)c3cccnc32)cc1. The molecule has 142 valence electrons. The highest BCUT2D eigenvalue weighted by molar-refractivity contribution is 6.03. The van der Waals surface area contributed by atoms with Crippen LogP contribution in [0.1, 0.15) is 24.0 Å². The number of hydrogen-bond acceptors (Lipinski definition) is 4. The summed E-state index contributed by atoms with van der Waals surface area (Å²) < 4.78 is 7.41. The number of methoxy groups -OCH3 is 1. The molecule has 1 aromatic carbocycles. The van der Waals surface area contributed by atoms with Gasteiger partial charge in [0.25, 0.3) is 0 Å². The molecule has 5 heterocycles. The van der Waals surface area contributed by atoms with Crippen LogP contribution in [0, 0.1) is 5.92 Å². The number of benzene rings is 1. The van der Waals surface area contributed by atoms with E-state index in [9.17, 15) is 4.79 Å². The number of Topliss-reactive ketones (excluding diaryl/α,β-unsaturated/α-hetero) is 1. The van der Waals surface area contributed by atoms with Crippen LogP contribution >= 0.6 is 0 Å². The minimum atomic E-state index is 0.210. The number of aromatic nitrogens is 2. The van der Waals surface area contributed by atoms with Crippen LogP contribution in [0.5, 0.6) is 5.75 Å². The normalized spacial score (nSPS) is 18.4. The first-order valence-electron chi connectivity index (χ1n) is 9.80. The van der Waals surface area contributed by atoms with Gasteiger partial charge in [-0.15, -0.1) is 0 Å². The van der Waals surface area contributed by atoms with Crippen LogP contribution < -0.4 is 4.74 Å². The first kappa shape index (κ1) is 17.0. The summed E-state index contributed by atoms with van der Waals surface area (Å²) in [5, 5.41) is 1.08. The summed E-state index contributed by atoms with van der Waals surface area (Å²) in [4.78, 5) is 19.6. The zero-order valence-electron chi connectivity index (χ0n) is 16.0. The number of carbonyl (C=O) groups excluding carboxylic acids is 1. The topological polar surface area (TPSA) is 47.4 Å². The van der Waals surface area contributed by atoms with E-state index in [1.165, 1.54) is 5.56 Å². The molecule has 3 fully saturated rings. The summed E-state index contributed by atoms with van der Waals surface area (Å²) in [6, 6.07) is 12.1. The molecule has 0 saturated carbocycles. The van der Waals surface area contributed by atoms with E-state index in [4.69, 9.17) is 4.74 Å². The number of pyridine rings is 1. The Hall–Kier alpha value is -3.08. The van der Waals surface area contributed by atoms with Gasteiger partial charge in [-0.1, -0.05) is 12.1 Å². The third kappa shape index (κ3) is 2.87. The summed E-state index contributed by atoms with van der Waals surface area (Å²) in [6.07, 6.45) is 8.00. The number of rotatable bonds is 4. The van der Waals surface area contributed by atoms with Gasteiger partial charge in [-0.25, -0.2) is 4.98 Å². The highest BCUT2D eigenvalue weighted by Crippen LogP contribution is 2.33. The van der Waals surface area contributed by atoms with Gasteiger partial charge >= 0.3 is 0 Å².